The van der Waals surface area contributed by atoms with Gasteiger partial charge in [-0.1, -0.05) is 6.07 Å². The second kappa shape index (κ2) is 8.18. The van der Waals surface area contributed by atoms with Gasteiger partial charge in [-0.25, -0.2) is 0 Å². The fourth-order valence-corrected chi connectivity index (χ4v) is 2.94. The van der Waals surface area contributed by atoms with E-state index in [4.69, 9.17) is 9.47 Å². The number of rotatable bonds is 5. The lowest BCUT2D eigenvalue weighted by Crippen LogP contribution is -2.30. The smallest absolute Gasteiger partial charge is 0.161 e. The molecule has 23 heavy (non-hydrogen) atoms. The van der Waals surface area contributed by atoms with Crippen molar-refractivity contribution in [1.29, 1.82) is 0 Å². The van der Waals surface area contributed by atoms with Gasteiger partial charge < -0.3 is 14.8 Å². The molecule has 5 heteroatoms. The Hall–Kier alpha value is -1.78. The predicted molar refractivity (Wildman–Crippen MR) is 93.8 cm³/mol. The van der Waals surface area contributed by atoms with E-state index in [1.807, 2.05) is 26.1 Å². The Balaban J connectivity index is 0.00000192. The van der Waals surface area contributed by atoms with Crippen LogP contribution in [-0.2, 0) is 6.42 Å². The van der Waals surface area contributed by atoms with Crippen LogP contribution in [0.1, 0.15) is 36.6 Å². The van der Waals surface area contributed by atoms with Crippen molar-refractivity contribution >= 4 is 12.4 Å². The van der Waals surface area contributed by atoms with Gasteiger partial charge in [0.05, 0.1) is 19.3 Å². The van der Waals surface area contributed by atoms with Gasteiger partial charge in [0, 0.05) is 18.9 Å². The molecule has 1 aromatic carbocycles. The minimum atomic E-state index is 0. The van der Waals surface area contributed by atoms with Crippen molar-refractivity contribution in [1.82, 2.24) is 10.3 Å². The second-order valence-electron chi connectivity index (χ2n) is 5.29. The number of ether oxygens (including phenoxy) is 2. The van der Waals surface area contributed by atoms with E-state index in [1.165, 1.54) is 16.7 Å². The van der Waals surface area contributed by atoms with E-state index < -0.39 is 0 Å². The Morgan fingerprint density at radius 2 is 1.91 bits per heavy atom. The third kappa shape index (κ3) is 3.77. The van der Waals surface area contributed by atoms with Gasteiger partial charge in [0.25, 0.3) is 0 Å². The minimum absolute atomic E-state index is 0. The van der Waals surface area contributed by atoms with Crippen LogP contribution in [0.25, 0.3) is 0 Å². The van der Waals surface area contributed by atoms with Crippen LogP contribution < -0.4 is 14.8 Å². The van der Waals surface area contributed by atoms with Crippen molar-refractivity contribution in [2.24, 2.45) is 0 Å². The summed E-state index contributed by atoms with van der Waals surface area (Å²) in [7, 11) is 0. The third-order valence-corrected chi connectivity index (χ3v) is 3.88. The van der Waals surface area contributed by atoms with Crippen LogP contribution in [0.3, 0.4) is 0 Å². The van der Waals surface area contributed by atoms with Crippen molar-refractivity contribution in [2.75, 3.05) is 19.8 Å². The number of hydrogen-bond donors (Lipinski definition) is 1. The van der Waals surface area contributed by atoms with E-state index in [0.29, 0.717) is 13.2 Å². The van der Waals surface area contributed by atoms with Crippen LogP contribution in [0, 0.1) is 0 Å². The molecule has 0 saturated carbocycles. The van der Waals surface area contributed by atoms with Gasteiger partial charge in [0.1, 0.15) is 0 Å². The maximum absolute atomic E-state index is 5.77. The summed E-state index contributed by atoms with van der Waals surface area (Å²) >= 11 is 0. The zero-order chi connectivity index (χ0) is 15.4. The summed E-state index contributed by atoms with van der Waals surface area (Å²) < 4.78 is 11.5. The number of hydrogen-bond acceptors (Lipinski definition) is 4. The highest BCUT2D eigenvalue weighted by Gasteiger charge is 2.24. The quantitative estimate of drug-likeness (QED) is 0.908. The second-order valence-corrected chi connectivity index (χ2v) is 5.29. The van der Waals surface area contributed by atoms with E-state index in [-0.39, 0.29) is 18.4 Å². The molecular formula is C18H23ClN2O2. The van der Waals surface area contributed by atoms with Crippen LogP contribution in [0.15, 0.2) is 36.7 Å². The number of aromatic nitrogens is 1. The molecular weight excluding hydrogens is 312 g/mol. The van der Waals surface area contributed by atoms with Gasteiger partial charge >= 0.3 is 0 Å². The molecule has 1 atom stereocenters. The molecule has 0 aliphatic carbocycles. The Morgan fingerprint density at radius 3 is 2.57 bits per heavy atom. The van der Waals surface area contributed by atoms with E-state index in [1.54, 1.807) is 6.20 Å². The summed E-state index contributed by atoms with van der Waals surface area (Å²) in [5.74, 6) is 1.66. The number of pyridine rings is 1. The lowest BCUT2D eigenvalue weighted by Gasteiger charge is -2.28. The Labute approximate surface area is 143 Å². The average Bonchev–Trinajstić information content (AvgIpc) is 2.56. The first-order valence-corrected chi connectivity index (χ1v) is 7.89. The van der Waals surface area contributed by atoms with Crippen LogP contribution in [0.5, 0.6) is 11.5 Å². The zero-order valence-electron chi connectivity index (χ0n) is 13.5. The van der Waals surface area contributed by atoms with Crippen LogP contribution in [0.4, 0.5) is 0 Å². The molecule has 3 rings (SSSR count). The first-order valence-electron chi connectivity index (χ1n) is 7.89. The molecule has 1 aliphatic heterocycles. The van der Waals surface area contributed by atoms with E-state index >= 15 is 0 Å². The summed E-state index contributed by atoms with van der Waals surface area (Å²) in [4.78, 5) is 4.24. The van der Waals surface area contributed by atoms with E-state index in [2.05, 4.69) is 28.5 Å². The molecule has 0 radical (unpaired) electrons. The van der Waals surface area contributed by atoms with E-state index in [9.17, 15) is 0 Å². The summed E-state index contributed by atoms with van der Waals surface area (Å²) in [6, 6.07) is 8.49. The SMILES string of the molecule is CCOc1cc2c(cc1OCC)C(c1cccnc1)NCC2.Cl. The van der Waals surface area contributed by atoms with Crippen LogP contribution in [-0.4, -0.2) is 24.7 Å². The number of nitrogens with zero attached hydrogens (tertiary/aromatic N) is 1. The molecule has 0 spiro atoms. The molecule has 1 unspecified atom stereocenters. The molecule has 1 N–H and O–H groups in total. The van der Waals surface area contributed by atoms with Gasteiger partial charge in [-0.05, 0) is 55.2 Å². The normalized spacial score (nSPS) is 16.2. The summed E-state index contributed by atoms with van der Waals surface area (Å²) in [6.07, 6.45) is 4.72. The van der Waals surface area contributed by atoms with Crippen LogP contribution >= 0.6 is 12.4 Å². The first kappa shape index (κ1) is 17.6. The highest BCUT2D eigenvalue weighted by Crippen LogP contribution is 2.37. The number of benzene rings is 1. The molecule has 0 bridgehead atoms. The molecule has 0 fully saturated rings. The molecule has 0 saturated heterocycles. The van der Waals surface area contributed by atoms with Crippen molar-refractivity contribution in [3.05, 3.63) is 53.3 Å². The Kier molecular flexibility index (Phi) is 6.25. The van der Waals surface area contributed by atoms with E-state index in [0.717, 1.165) is 24.5 Å². The average molecular weight is 335 g/mol. The van der Waals surface area contributed by atoms with Crippen molar-refractivity contribution in [3.63, 3.8) is 0 Å². The topological polar surface area (TPSA) is 43.4 Å². The maximum atomic E-state index is 5.77. The largest absolute Gasteiger partial charge is 0.490 e. The molecule has 1 aromatic heterocycles. The van der Waals surface area contributed by atoms with Gasteiger partial charge in [-0.2, -0.15) is 0 Å². The molecule has 1 aliphatic rings. The Bertz CT molecular complexity index is 634. The van der Waals surface area contributed by atoms with Gasteiger partial charge in [0.15, 0.2) is 11.5 Å². The highest BCUT2D eigenvalue weighted by molar-refractivity contribution is 5.85. The summed E-state index contributed by atoms with van der Waals surface area (Å²) in [5.41, 5.74) is 3.75. The monoisotopic (exact) mass is 334 g/mol. The molecule has 124 valence electrons. The maximum Gasteiger partial charge on any atom is 0.161 e. The Morgan fingerprint density at radius 1 is 1.17 bits per heavy atom. The standard InChI is InChI=1S/C18H22N2O2.ClH/c1-3-21-16-10-13-7-9-20-18(14-6-5-8-19-12-14)15(13)11-17(16)22-4-2;/h5-6,8,10-12,18,20H,3-4,7,9H2,1-2H3;1H. The van der Waals surface area contributed by atoms with Crippen LogP contribution in [0.2, 0.25) is 0 Å². The number of fused-ring (bicyclic) bond motifs is 1. The van der Waals surface area contributed by atoms with Crippen molar-refractivity contribution in [2.45, 2.75) is 26.3 Å². The number of nitrogens with one attached hydrogen (secondary N) is 1. The summed E-state index contributed by atoms with van der Waals surface area (Å²) in [6.45, 7) is 6.21. The highest BCUT2D eigenvalue weighted by atomic mass is 35.5. The zero-order valence-corrected chi connectivity index (χ0v) is 14.4. The fourth-order valence-electron chi connectivity index (χ4n) is 2.94. The summed E-state index contributed by atoms with van der Waals surface area (Å²) in [5, 5.41) is 3.58. The lowest BCUT2D eigenvalue weighted by atomic mass is 9.90. The molecule has 2 heterocycles. The van der Waals surface area contributed by atoms with Gasteiger partial charge in [-0.15, -0.1) is 12.4 Å². The minimum Gasteiger partial charge on any atom is -0.490 e. The molecule has 4 nitrogen and oxygen atoms in total. The van der Waals surface area contributed by atoms with Crippen molar-refractivity contribution < 1.29 is 9.47 Å². The predicted octanol–water partition coefficient (Wildman–Crippen LogP) is 3.54. The third-order valence-electron chi connectivity index (χ3n) is 3.88. The van der Waals surface area contributed by atoms with Crippen molar-refractivity contribution in [3.8, 4) is 11.5 Å². The van der Waals surface area contributed by atoms with Gasteiger partial charge in [-0.3, -0.25) is 4.98 Å². The number of halogens is 1. The first-order chi connectivity index (χ1) is 10.8. The van der Waals surface area contributed by atoms with Gasteiger partial charge in [0.2, 0.25) is 0 Å². The fraction of sp³-hybridized carbons (Fsp3) is 0.389. The molecule has 2 aromatic rings. The molecule has 0 amide bonds. The lowest BCUT2D eigenvalue weighted by molar-refractivity contribution is 0.286.